The third-order valence-electron chi connectivity index (χ3n) is 10.1. The van der Waals surface area contributed by atoms with Crippen LogP contribution in [-0.4, -0.2) is 129 Å². The van der Waals surface area contributed by atoms with E-state index in [4.69, 9.17) is 18.9 Å². The van der Waals surface area contributed by atoms with Crippen LogP contribution in [0.5, 0.6) is 11.5 Å². The maximum absolute atomic E-state index is 14.6. The van der Waals surface area contributed by atoms with Crippen LogP contribution < -0.4 is 5.32 Å². The Bertz CT molecular complexity index is 1940. The summed E-state index contributed by atoms with van der Waals surface area (Å²) in [5.41, 5.74) is -10.9. The largest absolute Gasteiger partial charge is 0.507 e. The van der Waals surface area contributed by atoms with E-state index in [1.165, 1.54) is 27.2 Å². The van der Waals surface area contributed by atoms with Gasteiger partial charge in [-0.15, -0.1) is 0 Å². The molecule has 1 saturated heterocycles. The average Bonchev–Trinajstić information content (AvgIpc) is 3.04. The summed E-state index contributed by atoms with van der Waals surface area (Å²) >= 11 is 0. The second-order valence-corrected chi connectivity index (χ2v) is 12.5. The first-order valence-electron chi connectivity index (χ1n) is 15.3. The van der Waals surface area contributed by atoms with Crippen LogP contribution in [0.2, 0.25) is 0 Å². The number of aryl methyl sites for hydroxylation is 1. The highest BCUT2D eigenvalue weighted by atomic mass is 16.6. The Kier molecular flexibility index (Phi) is 8.38. The van der Waals surface area contributed by atoms with E-state index in [-0.39, 0.29) is 16.8 Å². The summed E-state index contributed by atoms with van der Waals surface area (Å²) in [6, 6.07) is 2.10. The number of hydrogen-bond donors (Lipinski definition) is 8. The molecule has 1 aliphatic heterocycles. The molecule has 8 atom stereocenters. The van der Waals surface area contributed by atoms with E-state index in [1.54, 1.807) is 6.92 Å². The number of carbonyl (C=O) groups is 4. The number of nitrogens with zero attached hydrogens (tertiary/aromatic N) is 1. The first-order valence-corrected chi connectivity index (χ1v) is 15.3. The molecule has 0 radical (unpaired) electrons. The van der Waals surface area contributed by atoms with Crippen molar-refractivity contribution in [2.24, 2.45) is 5.16 Å². The minimum Gasteiger partial charge on any atom is -0.507 e. The number of ether oxygens (including phenoxy) is 4. The van der Waals surface area contributed by atoms with Gasteiger partial charge >= 0.3 is 5.97 Å². The summed E-state index contributed by atoms with van der Waals surface area (Å²) in [4.78, 5) is 55.1. The van der Waals surface area contributed by atoms with Crippen molar-refractivity contribution in [3.8, 4) is 11.5 Å². The van der Waals surface area contributed by atoms with Crippen molar-refractivity contribution >= 4 is 29.0 Å². The molecule has 2 aromatic rings. The highest BCUT2D eigenvalue weighted by Gasteiger charge is 2.72. The molecule has 6 rings (SSSR count). The van der Waals surface area contributed by atoms with E-state index in [1.807, 2.05) is 0 Å². The number of aliphatic hydroxyl groups is 3. The lowest BCUT2D eigenvalue weighted by atomic mass is 9.56. The maximum atomic E-state index is 14.6. The van der Waals surface area contributed by atoms with E-state index < -0.39 is 128 Å². The standard InChI is InChI=1S/C33H34N2O15/c1-10-6-12-7-17(36)33(49-5)29(42)20-14(28(41)32(33,45)21(12)24(39)18(10)31(43)44)8-13-19(23(20)38)15(35-46)9-16(22(13)37)34-30-27(48-4)25(40)26(47-3)11(2)50-30/h6,8-9,11,17,25-27,30,34,36,38-40,45-46H,7H2,1-5H3,(H,43,44). The number of nitrogens with one attached hydrogen (secondary N) is 1. The fourth-order valence-corrected chi connectivity index (χ4v) is 7.85. The monoisotopic (exact) mass is 698 g/mol. The predicted octanol–water partition coefficient (Wildman–Crippen LogP) is -0.343. The normalized spacial score (nSPS) is 32.5. The molecule has 0 aromatic heterocycles. The van der Waals surface area contributed by atoms with Gasteiger partial charge in [0.05, 0.1) is 29.0 Å². The lowest BCUT2D eigenvalue weighted by Crippen LogP contribution is -2.73. The molecule has 17 nitrogen and oxygen atoms in total. The van der Waals surface area contributed by atoms with Crippen LogP contribution in [0.4, 0.5) is 0 Å². The first kappa shape index (κ1) is 35.1. The number of phenolic OH excluding ortho intramolecular Hbond substituents is 1. The van der Waals surface area contributed by atoms with Gasteiger partial charge in [0.25, 0.3) is 0 Å². The minimum atomic E-state index is -3.28. The van der Waals surface area contributed by atoms with E-state index in [0.29, 0.717) is 0 Å². The van der Waals surface area contributed by atoms with Crippen LogP contribution in [0.3, 0.4) is 0 Å². The van der Waals surface area contributed by atoms with Crippen molar-refractivity contribution in [1.82, 2.24) is 5.32 Å². The quantitative estimate of drug-likeness (QED) is 0.142. The van der Waals surface area contributed by atoms with Gasteiger partial charge in [0, 0.05) is 44.4 Å². The molecule has 8 unspecified atom stereocenters. The molecule has 0 amide bonds. The van der Waals surface area contributed by atoms with Gasteiger partial charge in [-0.1, -0.05) is 11.2 Å². The minimum absolute atomic E-state index is 0.0294. The van der Waals surface area contributed by atoms with Crippen molar-refractivity contribution in [2.45, 2.75) is 68.2 Å². The Morgan fingerprint density at radius 3 is 2.24 bits per heavy atom. The molecule has 0 saturated carbocycles. The molecule has 4 aliphatic rings. The molecule has 1 heterocycles. The summed E-state index contributed by atoms with van der Waals surface area (Å²) < 4.78 is 22.0. The van der Waals surface area contributed by atoms with Crippen LogP contribution in [0, 0.1) is 6.92 Å². The molecule has 266 valence electrons. The summed E-state index contributed by atoms with van der Waals surface area (Å²) in [7, 11) is 3.55. The third-order valence-corrected chi connectivity index (χ3v) is 10.1. The van der Waals surface area contributed by atoms with E-state index in [0.717, 1.165) is 19.3 Å². The Labute approximate surface area is 282 Å². The zero-order chi connectivity index (χ0) is 36.8. The number of rotatable bonds is 6. The number of carboxylic acid groups (broad SMARTS) is 1. The third kappa shape index (κ3) is 4.35. The summed E-state index contributed by atoms with van der Waals surface area (Å²) in [5.74, 6) is -7.40. The number of aliphatic hydroxyl groups excluding tert-OH is 2. The fraction of sp³-hybridized carbons (Fsp3) is 0.424. The first-order chi connectivity index (χ1) is 23.6. The number of carboxylic acids is 1. The Balaban J connectivity index is 1.54. The second kappa shape index (κ2) is 11.9. The van der Waals surface area contributed by atoms with Gasteiger partial charge in [0.2, 0.25) is 17.3 Å². The lowest BCUT2D eigenvalue weighted by Gasteiger charge is -2.52. The maximum Gasteiger partial charge on any atom is 0.339 e. The van der Waals surface area contributed by atoms with Crippen LogP contribution >= 0.6 is 0 Å². The number of allylic oxidation sites excluding steroid dienone is 2. The van der Waals surface area contributed by atoms with Gasteiger partial charge < -0.3 is 60.1 Å². The summed E-state index contributed by atoms with van der Waals surface area (Å²) in [6.45, 7) is 2.96. The van der Waals surface area contributed by atoms with Crippen molar-refractivity contribution in [3.05, 3.63) is 68.4 Å². The number of carbonyl (C=O) groups excluding carboxylic acids is 3. The van der Waals surface area contributed by atoms with Crippen molar-refractivity contribution in [3.63, 3.8) is 0 Å². The summed E-state index contributed by atoms with van der Waals surface area (Å²) in [6.07, 6.45) is -6.44. The number of aromatic carboxylic acids is 1. The zero-order valence-corrected chi connectivity index (χ0v) is 27.2. The van der Waals surface area contributed by atoms with E-state index in [2.05, 4.69) is 10.5 Å². The smallest absolute Gasteiger partial charge is 0.339 e. The van der Waals surface area contributed by atoms with E-state index in [9.17, 15) is 55.0 Å². The Morgan fingerprint density at radius 2 is 1.66 bits per heavy atom. The molecular formula is C33H34N2O15. The van der Waals surface area contributed by atoms with Gasteiger partial charge in [0.15, 0.2) is 17.4 Å². The molecule has 17 heteroatoms. The number of Topliss-reactive ketones (excluding diaryl/α,β-unsaturated/α-hetero) is 3. The number of methoxy groups -OCH3 is 3. The van der Waals surface area contributed by atoms with Gasteiger partial charge in [-0.25, -0.2) is 4.79 Å². The molecular weight excluding hydrogens is 664 g/mol. The van der Waals surface area contributed by atoms with Gasteiger partial charge in [-0.3, -0.25) is 14.4 Å². The number of ketones is 3. The van der Waals surface area contributed by atoms with Crippen LogP contribution in [0.15, 0.2) is 29.1 Å². The molecule has 50 heavy (non-hydrogen) atoms. The average molecular weight is 699 g/mol. The van der Waals surface area contributed by atoms with Crippen molar-refractivity contribution in [1.29, 1.82) is 0 Å². The topological polar surface area (TPSA) is 271 Å². The molecule has 8 N–H and O–H groups in total. The molecule has 2 aromatic carbocycles. The van der Waals surface area contributed by atoms with Gasteiger partial charge in [0.1, 0.15) is 41.1 Å². The Morgan fingerprint density at radius 1 is 1.00 bits per heavy atom. The predicted molar refractivity (Wildman–Crippen MR) is 166 cm³/mol. The van der Waals surface area contributed by atoms with Crippen LogP contribution in [0.1, 0.15) is 70.6 Å². The Hall–Kier alpha value is -4.75. The van der Waals surface area contributed by atoms with Crippen molar-refractivity contribution < 1.29 is 74.0 Å². The highest BCUT2D eigenvalue weighted by molar-refractivity contribution is 6.31. The van der Waals surface area contributed by atoms with Crippen LogP contribution in [-0.2, 0) is 31.0 Å². The summed E-state index contributed by atoms with van der Waals surface area (Å²) in [5, 5.41) is 83.2. The zero-order valence-electron chi connectivity index (χ0n) is 27.2. The molecule has 0 bridgehead atoms. The molecule has 1 fully saturated rings. The molecule has 3 aliphatic carbocycles. The number of aromatic hydroxyl groups is 2. The SMILES string of the molecule is COC1C(C)OC(NC2=CC(=NO)c3c(cc4c(c3O)C(=O)C3(OC)C(O)Cc5cc(C)c(C(=O)O)c(O)c5C3(O)C4=O)C2=O)C(OC)C1O. The number of fused-ring (bicyclic) bond motifs is 5. The van der Waals surface area contributed by atoms with E-state index >= 15 is 0 Å². The van der Waals surface area contributed by atoms with Crippen molar-refractivity contribution in [2.75, 3.05) is 21.3 Å². The van der Waals surface area contributed by atoms with Gasteiger partial charge in [-0.2, -0.15) is 0 Å². The number of phenols is 2. The second-order valence-electron chi connectivity index (χ2n) is 12.5. The number of oxime groups is 1. The number of hydrogen-bond acceptors (Lipinski definition) is 16. The molecule has 0 spiro atoms. The van der Waals surface area contributed by atoms with Gasteiger partial charge in [-0.05, 0) is 37.1 Å². The fourth-order valence-electron chi connectivity index (χ4n) is 7.85. The highest BCUT2D eigenvalue weighted by Crippen LogP contribution is 2.56. The van der Waals surface area contributed by atoms with Crippen LogP contribution in [0.25, 0.3) is 0 Å². The number of benzene rings is 2. The lowest BCUT2D eigenvalue weighted by molar-refractivity contribution is -0.236.